The van der Waals surface area contributed by atoms with E-state index in [-0.39, 0.29) is 155 Å². The van der Waals surface area contributed by atoms with Gasteiger partial charge in [0.1, 0.15) is 0 Å². The summed E-state index contributed by atoms with van der Waals surface area (Å²) in [7, 11) is 0. The third-order valence-corrected chi connectivity index (χ3v) is 2.65. The Bertz CT molecular complexity index is 608. The van der Waals surface area contributed by atoms with Gasteiger partial charge in [-0.25, -0.2) is 0 Å². The summed E-state index contributed by atoms with van der Waals surface area (Å²) in [6.07, 6.45) is 0. The van der Waals surface area contributed by atoms with E-state index < -0.39 is 0 Å². The third-order valence-electron chi connectivity index (χ3n) is 2.65. The molecule has 130 valence electrons. The van der Waals surface area contributed by atoms with Gasteiger partial charge in [0.25, 0.3) is 0 Å². The van der Waals surface area contributed by atoms with Crippen LogP contribution in [0.5, 0.6) is 34.5 Å². The largest absolute Gasteiger partial charge is 1.00 e. The van der Waals surface area contributed by atoms with Gasteiger partial charge in [0, 0.05) is 17.6 Å². The summed E-state index contributed by atoms with van der Waals surface area (Å²) in [6.45, 7) is 0. The molecule has 9 heteroatoms. The number of hydrogen-bond acceptors (Lipinski definition) is 6. The van der Waals surface area contributed by atoms with E-state index in [0.717, 1.165) is 0 Å². The second kappa shape index (κ2) is 18.3. The van der Waals surface area contributed by atoms with Gasteiger partial charge in [0.15, 0.2) is 34.5 Å². The first-order valence-corrected chi connectivity index (χ1v) is 6.82. The fraction of sp³-hybridized carbons (Fsp3) is 0. The molecular weight excluding hydrogens is 463 g/mol. The summed E-state index contributed by atoms with van der Waals surface area (Å²) in [6, 6.07) is 18.4. The molecule has 0 aliphatic heterocycles. The molecule has 3 aromatic carbocycles. The molecule has 27 heavy (non-hydrogen) atoms. The number of benzene rings is 3. The van der Waals surface area contributed by atoms with E-state index in [2.05, 4.69) is 0 Å². The van der Waals surface area contributed by atoms with Crippen molar-refractivity contribution >= 4 is 17.6 Å². The molecule has 3 aromatic rings. The van der Waals surface area contributed by atoms with Crippen molar-refractivity contribution < 1.29 is 133 Å². The molecule has 0 atom stereocenters. The van der Waals surface area contributed by atoms with Gasteiger partial charge in [0.05, 0.1) is 0 Å². The Labute approximate surface area is 253 Å². The Hall–Kier alpha value is 0.276. The van der Waals surface area contributed by atoms with E-state index in [9.17, 15) is 0 Å². The zero-order valence-corrected chi connectivity index (χ0v) is 23.5. The van der Waals surface area contributed by atoms with Gasteiger partial charge in [-0.1, -0.05) is 36.4 Å². The molecule has 0 amide bonds. The second-order valence-electron chi connectivity index (χ2n) is 4.47. The smallest absolute Gasteiger partial charge is 0.504 e. The van der Waals surface area contributed by atoms with Gasteiger partial charge < -0.3 is 30.6 Å². The summed E-state index contributed by atoms with van der Waals surface area (Å²) in [5.74, 6) is -0.458. The van der Waals surface area contributed by atoms with E-state index in [4.69, 9.17) is 30.6 Å². The molecule has 0 aromatic heterocycles. The van der Waals surface area contributed by atoms with Crippen molar-refractivity contribution in [3.8, 4) is 34.5 Å². The SMILES string of the molecule is Oc1ccccc1O.Oc1ccccc1O.Oc1ccccc1O.[Ge].[K+].[K+]. The maximum absolute atomic E-state index is 8.67. The fourth-order valence-corrected chi connectivity index (χ4v) is 1.39. The van der Waals surface area contributed by atoms with Crippen LogP contribution in [0, 0.1) is 0 Å². The van der Waals surface area contributed by atoms with Gasteiger partial charge in [-0.05, 0) is 36.4 Å². The number of phenols is 6. The van der Waals surface area contributed by atoms with Crippen LogP contribution in [-0.2, 0) is 0 Å². The van der Waals surface area contributed by atoms with Crippen LogP contribution in [-0.4, -0.2) is 48.2 Å². The van der Waals surface area contributed by atoms with Crippen LogP contribution in [0.15, 0.2) is 72.8 Å². The van der Waals surface area contributed by atoms with E-state index in [1.165, 1.54) is 36.4 Å². The van der Waals surface area contributed by atoms with Crippen molar-refractivity contribution in [3.05, 3.63) is 72.8 Å². The zero-order valence-electron chi connectivity index (χ0n) is 15.1. The average Bonchev–Trinajstić information content (AvgIpc) is 2.57. The molecule has 0 spiro atoms. The van der Waals surface area contributed by atoms with Crippen LogP contribution < -0.4 is 103 Å². The van der Waals surface area contributed by atoms with E-state index in [1.54, 1.807) is 36.4 Å². The van der Waals surface area contributed by atoms with Gasteiger partial charge in [-0.15, -0.1) is 0 Å². The first-order valence-electron chi connectivity index (χ1n) is 6.82. The first kappa shape index (κ1) is 32.0. The Morgan fingerprint density at radius 1 is 0.333 bits per heavy atom. The quantitative estimate of drug-likeness (QED) is 0.150. The summed E-state index contributed by atoms with van der Waals surface area (Å²) in [4.78, 5) is 0. The van der Waals surface area contributed by atoms with Gasteiger partial charge >= 0.3 is 103 Å². The van der Waals surface area contributed by atoms with Crippen LogP contribution in [0.1, 0.15) is 0 Å². The number of hydrogen-bond donors (Lipinski definition) is 6. The van der Waals surface area contributed by atoms with Gasteiger partial charge in [0.2, 0.25) is 0 Å². The van der Waals surface area contributed by atoms with Gasteiger partial charge in [-0.2, -0.15) is 0 Å². The summed E-state index contributed by atoms with van der Waals surface area (Å²) in [5, 5.41) is 52.0. The minimum absolute atomic E-state index is 0. The zero-order chi connectivity index (χ0) is 17.9. The molecule has 0 aliphatic carbocycles. The average molecular weight is 481 g/mol. The Morgan fingerprint density at radius 2 is 0.444 bits per heavy atom. The Morgan fingerprint density at radius 3 is 0.519 bits per heavy atom. The molecular formula is C18H18GeK2O6+2. The van der Waals surface area contributed by atoms with Crippen LogP contribution in [0.3, 0.4) is 0 Å². The molecule has 0 saturated carbocycles. The number of aromatic hydroxyl groups is 6. The Balaban J connectivity index is -0.000000303. The van der Waals surface area contributed by atoms with Crippen molar-refractivity contribution in [3.63, 3.8) is 0 Å². The topological polar surface area (TPSA) is 121 Å². The predicted octanol–water partition coefficient (Wildman–Crippen LogP) is -3.08. The molecule has 0 aliphatic rings. The summed E-state index contributed by atoms with van der Waals surface area (Å²) >= 11 is 0. The maximum atomic E-state index is 8.67. The van der Waals surface area contributed by atoms with Crippen molar-refractivity contribution in [2.45, 2.75) is 0 Å². The number of phenolic OH excluding ortho intramolecular Hbond substituents is 6. The fourth-order valence-electron chi connectivity index (χ4n) is 1.39. The van der Waals surface area contributed by atoms with E-state index in [1.807, 2.05) is 0 Å². The molecule has 0 unspecified atom stereocenters. The van der Waals surface area contributed by atoms with Crippen molar-refractivity contribution in [1.82, 2.24) is 0 Å². The molecule has 3 rings (SSSR count). The van der Waals surface area contributed by atoms with Crippen LogP contribution in [0.2, 0.25) is 0 Å². The summed E-state index contributed by atoms with van der Waals surface area (Å²) < 4.78 is 0. The van der Waals surface area contributed by atoms with Crippen molar-refractivity contribution in [2.75, 3.05) is 0 Å². The molecule has 6 nitrogen and oxygen atoms in total. The maximum Gasteiger partial charge on any atom is 1.00 e. The van der Waals surface area contributed by atoms with Crippen LogP contribution in [0.25, 0.3) is 0 Å². The number of rotatable bonds is 0. The first-order chi connectivity index (χ1) is 11.4. The minimum Gasteiger partial charge on any atom is -0.504 e. The normalized spacial score (nSPS) is 8.00. The number of para-hydroxylation sites is 6. The molecule has 0 heterocycles. The standard InChI is InChI=1S/3C6H6O2.Ge.2K/c3*7-5-3-1-2-4-6(5)8;;;/h3*1-4,7-8H;;;/q;;;;2*+1. The molecule has 0 saturated heterocycles. The van der Waals surface area contributed by atoms with Crippen LogP contribution in [0.4, 0.5) is 0 Å². The molecule has 0 bridgehead atoms. The van der Waals surface area contributed by atoms with Crippen molar-refractivity contribution in [1.29, 1.82) is 0 Å². The minimum atomic E-state index is -0.0764. The summed E-state index contributed by atoms with van der Waals surface area (Å²) in [5.41, 5.74) is 0. The van der Waals surface area contributed by atoms with Crippen molar-refractivity contribution in [2.24, 2.45) is 0 Å². The van der Waals surface area contributed by atoms with Crippen LogP contribution >= 0.6 is 0 Å². The Kier molecular flexibility index (Phi) is 21.7. The molecule has 6 N–H and O–H groups in total. The molecule has 4 radical (unpaired) electrons. The molecule has 0 fully saturated rings. The van der Waals surface area contributed by atoms with E-state index >= 15 is 0 Å². The monoisotopic (exact) mass is 482 g/mol. The van der Waals surface area contributed by atoms with E-state index in [0.29, 0.717) is 0 Å². The third kappa shape index (κ3) is 14.0. The van der Waals surface area contributed by atoms with Gasteiger partial charge in [-0.3, -0.25) is 0 Å². The predicted molar refractivity (Wildman–Crippen MR) is 95.1 cm³/mol. The second-order valence-corrected chi connectivity index (χ2v) is 4.47.